The number of rotatable bonds is 10. The van der Waals surface area contributed by atoms with Crippen LogP contribution in [0, 0.1) is 0 Å². The molecule has 1 N–H and O–H groups in total. The predicted molar refractivity (Wildman–Crippen MR) is 138 cm³/mol. The van der Waals surface area contributed by atoms with E-state index in [1.165, 1.54) is 11.8 Å². The van der Waals surface area contributed by atoms with Gasteiger partial charge in [0, 0.05) is 11.3 Å². The maximum atomic E-state index is 12.4. The molecular weight excluding hydrogens is 462 g/mol. The van der Waals surface area contributed by atoms with Crippen LogP contribution in [0.5, 0.6) is 5.75 Å². The average Bonchev–Trinajstić information content (AvgIpc) is 3.54. The molecule has 0 radical (unpaired) electrons. The number of furan rings is 1. The van der Waals surface area contributed by atoms with Gasteiger partial charge in [0.1, 0.15) is 11.5 Å². The molecule has 0 spiro atoms. The number of ether oxygens (including phenoxy) is 1. The number of aromatic nitrogens is 3. The van der Waals surface area contributed by atoms with E-state index in [9.17, 15) is 4.79 Å². The first-order valence-corrected chi connectivity index (χ1v) is 12.0. The van der Waals surface area contributed by atoms with Gasteiger partial charge in [-0.2, -0.15) is 5.10 Å². The Labute approximate surface area is 207 Å². The van der Waals surface area contributed by atoms with Crippen molar-refractivity contribution in [3.63, 3.8) is 0 Å². The van der Waals surface area contributed by atoms with Crippen LogP contribution in [-0.2, 0) is 4.79 Å². The lowest BCUT2D eigenvalue weighted by atomic mass is 10.2. The van der Waals surface area contributed by atoms with Gasteiger partial charge in [0.15, 0.2) is 11.0 Å². The standard InChI is InChI=1S/C26H25N5O3S/c1-3-33-22-13-11-21(12-14-22)31-25(20-8-5-4-6-9-20)29-30-26(31)35-18-24(32)28-27-17-19(2)16-23-10-7-15-34-23/h4-17H,3,18H2,1-2H3,(H,28,32)/b19-16+,27-17?. The maximum absolute atomic E-state index is 12.4. The highest BCUT2D eigenvalue weighted by Crippen LogP contribution is 2.28. The first-order chi connectivity index (χ1) is 17.1. The van der Waals surface area contributed by atoms with E-state index in [1.807, 2.05) is 91.2 Å². The summed E-state index contributed by atoms with van der Waals surface area (Å²) in [7, 11) is 0. The molecule has 0 fully saturated rings. The second-order valence-corrected chi connectivity index (χ2v) is 8.36. The summed E-state index contributed by atoms with van der Waals surface area (Å²) in [4.78, 5) is 12.4. The molecule has 8 nitrogen and oxygen atoms in total. The van der Waals surface area contributed by atoms with E-state index < -0.39 is 0 Å². The van der Waals surface area contributed by atoms with Gasteiger partial charge in [-0.05, 0) is 61.9 Å². The Hall–Kier alpha value is -4.11. The number of hydrogen-bond acceptors (Lipinski definition) is 7. The summed E-state index contributed by atoms with van der Waals surface area (Å²) in [5.41, 5.74) is 5.19. The third-order valence-electron chi connectivity index (χ3n) is 4.77. The molecule has 0 saturated carbocycles. The third-order valence-corrected chi connectivity index (χ3v) is 5.70. The number of thioether (sulfide) groups is 1. The fourth-order valence-corrected chi connectivity index (χ4v) is 3.98. The zero-order valence-corrected chi connectivity index (χ0v) is 20.2. The number of nitrogens with one attached hydrogen (secondary N) is 1. The quantitative estimate of drug-likeness (QED) is 0.187. The highest BCUT2D eigenvalue weighted by atomic mass is 32.2. The molecule has 4 rings (SSSR count). The van der Waals surface area contributed by atoms with Crippen molar-refractivity contribution in [1.29, 1.82) is 0 Å². The van der Waals surface area contributed by atoms with Crippen LogP contribution in [-0.4, -0.2) is 39.2 Å². The monoisotopic (exact) mass is 487 g/mol. The average molecular weight is 488 g/mol. The zero-order valence-electron chi connectivity index (χ0n) is 19.4. The van der Waals surface area contributed by atoms with Gasteiger partial charge in [0.05, 0.1) is 24.8 Å². The van der Waals surface area contributed by atoms with E-state index >= 15 is 0 Å². The first kappa shape index (κ1) is 24.0. The number of hydrazone groups is 1. The summed E-state index contributed by atoms with van der Waals surface area (Å²) in [5, 5.41) is 13.4. The van der Waals surface area contributed by atoms with Gasteiger partial charge in [-0.25, -0.2) is 5.43 Å². The molecular formula is C26H25N5O3S. The van der Waals surface area contributed by atoms with Gasteiger partial charge in [-0.1, -0.05) is 42.1 Å². The van der Waals surface area contributed by atoms with Crippen LogP contribution in [0.25, 0.3) is 23.2 Å². The highest BCUT2D eigenvalue weighted by Gasteiger charge is 2.17. The fourth-order valence-electron chi connectivity index (χ4n) is 3.23. The van der Waals surface area contributed by atoms with Gasteiger partial charge in [-0.15, -0.1) is 10.2 Å². The molecule has 2 aromatic carbocycles. The molecule has 35 heavy (non-hydrogen) atoms. The molecule has 4 aromatic rings. The topological polar surface area (TPSA) is 94.5 Å². The molecule has 1 amide bonds. The Kier molecular flexibility index (Phi) is 8.13. The highest BCUT2D eigenvalue weighted by molar-refractivity contribution is 7.99. The second-order valence-electron chi connectivity index (χ2n) is 7.42. The summed E-state index contributed by atoms with van der Waals surface area (Å²) in [5.74, 6) is 2.07. The lowest BCUT2D eigenvalue weighted by molar-refractivity contribution is -0.118. The smallest absolute Gasteiger partial charge is 0.250 e. The van der Waals surface area contributed by atoms with Crippen molar-refractivity contribution in [2.24, 2.45) is 5.10 Å². The summed E-state index contributed by atoms with van der Waals surface area (Å²) >= 11 is 1.29. The molecule has 0 aliphatic heterocycles. The zero-order chi connectivity index (χ0) is 24.5. The third kappa shape index (κ3) is 6.48. The van der Waals surface area contributed by atoms with E-state index in [0.29, 0.717) is 17.6 Å². The number of amides is 1. The number of nitrogens with zero attached hydrogens (tertiary/aromatic N) is 4. The molecule has 2 heterocycles. The van der Waals surface area contributed by atoms with Crippen molar-refractivity contribution in [3.05, 3.63) is 84.3 Å². The Morgan fingerprint density at radius 1 is 1.11 bits per heavy atom. The van der Waals surface area contributed by atoms with Gasteiger partial charge in [0.25, 0.3) is 5.91 Å². The molecule has 0 atom stereocenters. The van der Waals surface area contributed by atoms with Gasteiger partial charge < -0.3 is 9.15 Å². The Bertz CT molecular complexity index is 1300. The van der Waals surface area contributed by atoms with Crippen LogP contribution in [0.15, 0.2) is 93.2 Å². The van der Waals surface area contributed by atoms with Gasteiger partial charge >= 0.3 is 0 Å². The molecule has 178 valence electrons. The number of carbonyl (C=O) groups is 1. The van der Waals surface area contributed by atoms with Crippen LogP contribution in [0.2, 0.25) is 0 Å². The molecule has 0 saturated heterocycles. The van der Waals surface area contributed by atoms with Crippen LogP contribution in [0.4, 0.5) is 0 Å². The van der Waals surface area contributed by atoms with Crippen LogP contribution in [0.1, 0.15) is 19.6 Å². The minimum atomic E-state index is -0.250. The number of carbonyl (C=O) groups excluding carboxylic acids is 1. The number of hydrogen-bond donors (Lipinski definition) is 1. The fraction of sp³-hybridized carbons (Fsp3) is 0.154. The minimum absolute atomic E-state index is 0.127. The SMILES string of the molecule is CCOc1ccc(-n2c(SCC(=O)NN=C/C(C)=C/c3ccco3)nnc2-c2ccccc2)cc1. The first-order valence-electron chi connectivity index (χ1n) is 11.0. The minimum Gasteiger partial charge on any atom is -0.494 e. The van der Waals surface area contributed by atoms with Crippen LogP contribution < -0.4 is 10.2 Å². The van der Waals surface area contributed by atoms with Gasteiger partial charge in [-0.3, -0.25) is 9.36 Å². The predicted octanol–water partition coefficient (Wildman–Crippen LogP) is 5.22. The van der Waals surface area contributed by atoms with E-state index in [-0.39, 0.29) is 11.7 Å². The van der Waals surface area contributed by atoms with Gasteiger partial charge in [0.2, 0.25) is 0 Å². The van der Waals surface area contributed by atoms with E-state index in [1.54, 1.807) is 12.5 Å². The Balaban J connectivity index is 1.47. The van der Waals surface area contributed by atoms with Crippen molar-refractivity contribution in [2.45, 2.75) is 19.0 Å². The van der Waals surface area contributed by atoms with E-state index in [2.05, 4.69) is 20.7 Å². The molecule has 2 aromatic heterocycles. The largest absolute Gasteiger partial charge is 0.494 e. The second kappa shape index (κ2) is 11.8. The molecule has 0 unspecified atom stereocenters. The molecule has 0 aliphatic rings. The van der Waals surface area contributed by atoms with Crippen molar-refractivity contribution in [2.75, 3.05) is 12.4 Å². The van der Waals surface area contributed by atoms with Crippen molar-refractivity contribution in [1.82, 2.24) is 20.2 Å². The van der Waals surface area contributed by atoms with Crippen LogP contribution in [0.3, 0.4) is 0 Å². The summed E-state index contributed by atoms with van der Waals surface area (Å²) in [6.07, 6.45) is 5.00. The normalized spacial score (nSPS) is 11.7. The van der Waals surface area contributed by atoms with Crippen molar-refractivity contribution >= 4 is 30.0 Å². The van der Waals surface area contributed by atoms with Crippen molar-refractivity contribution in [3.8, 4) is 22.8 Å². The number of allylic oxidation sites excluding steroid dienone is 1. The number of benzene rings is 2. The van der Waals surface area contributed by atoms with E-state index in [0.717, 1.165) is 28.3 Å². The molecule has 0 aliphatic carbocycles. The summed E-state index contributed by atoms with van der Waals surface area (Å²) in [6.45, 7) is 4.41. The summed E-state index contributed by atoms with van der Waals surface area (Å²) < 4.78 is 12.8. The van der Waals surface area contributed by atoms with E-state index in [4.69, 9.17) is 9.15 Å². The lowest BCUT2D eigenvalue weighted by Crippen LogP contribution is -2.20. The van der Waals surface area contributed by atoms with Crippen molar-refractivity contribution < 1.29 is 13.9 Å². The maximum Gasteiger partial charge on any atom is 0.250 e. The molecule has 9 heteroatoms. The molecule has 0 bridgehead atoms. The van der Waals surface area contributed by atoms with Crippen LogP contribution >= 0.6 is 11.8 Å². The summed E-state index contributed by atoms with van der Waals surface area (Å²) in [6, 6.07) is 21.2. The Morgan fingerprint density at radius 2 is 1.91 bits per heavy atom. The lowest BCUT2D eigenvalue weighted by Gasteiger charge is -2.11. The Morgan fingerprint density at radius 3 is 2.63 bits per heavy atom.